The van der Waals surface area contributed by atoms with E-state index in [1.807, 2.05) is 6.92 Å². The van der Waals surface area contributed by atoms with Gasteiger partial charge in [0.25, 0.3) is 0 Å². The van der Waals surface area contributed by atoms with E-state index in [0.717, 1.165) is 12.8 Å². The maximum Gasteiger partial charge on any atom is 0.248 e. The first-order valence-corrected chi connectivity index (χ1v) is 6.53. The van der Waals surface area contributed by atoms with E-state index < -0.39 is 11.9 Å². The van der Waals surface area contributed by atoms with Crippen LogP contribution in [-0.4, -0.2) is 25.0 Å². The van der Waals surface area contributed by atoms with Crippen molar-refractivity contribution in [1.29, 1.82) is 0 Å². The molecule has 0 fully saturated rings. The van der Waals surface area contributed by atoms with Gasteiger partial charge in [0.1, 0.15) is 5.75 Å². The van der Waals surface area contributed by atoms with Crippen LogP contribution in [-0.2, 0) is 4.79 Å². The first-order valence-electron chi connectivity index (χ1n) is 6.53. The molecular formula is C14H21N3O3. The van der Waals surface area contributed by atoms with Gasteiger partial charge in [0.15, 0.2) is 0 Å². The van der Waals surface area contributed by atoms with Crippen LogP contribution in [0.2, 0.25) is 0 Å². The van der Waals surface area contributed by atoms with Crippen LogP contribution < -0.4 is 21.5 Å². The second-order valence-electron chi connectivity index (χ2n) is 4.52. The summed E-state index contributed by atoms with van der Waals surface area (Å²) in [5, 5.41) is 2.67. The number of hydrogen-bond acceptors (Lipinski definition) is 4. The standard InChI is InChI=1S/C14H21N3O3/c1-3-4-5-10(15)14(19)17-11-8-9(13(16)18)6-7-12(11)20-2/h6-8,10H,3-5,15H2,1-2H3,(H2,16,18)(H,17,19)/t10-/m0/s1. The summed E-state index contributed by atoms with van der Waals surface area (Å²) in [5.74, 6) is -0.428. The third-order valence-electron chi connectivity index (χ3n) is 2.95. The van der Waals surface area contributed by atoms with Crippen LogP contribution in [0.4, 0.5) is 5.69 Å². The number of nitrogens with one attached hydrogen (secondary N) is 1. The fourth-order valence-corrected chi connectivity index (χ4v) is 1.74. The van der Waals surface area contributed by atoms with Gasteiger partial charge >= 0.3 is 0 Å². The largest absolute Gasteiger partial charge is 0.495 e. The summed E-state index contributed by atoms with van der Waals surface area (Å²) in [6.45, 7) is 2.03. The van der Waals surface area contributed by atoms with Crippen molar-refractivity contribution in [3.8, 4) is 5.75 Å². The Morgan fingerprint density at radius 3 is 2.65 bits per heavy atom. The minimum Gasteiger partial charge on any atom is -0.495 e. The summed E-state index contributed by atoms with van der Waals surface area (Å²) >= 11 is 0. The molecule has 0 spiro atoms. The Bertz CT molecular complexity index is 489. The second-order valence-corrected chi connectivity index (χ2v) is 4.52. The number of methoxy groups -OCH3 is 1. The number of rotatable bonds is 7. The fraction of sp³-hybridized carbons (Fsp3) is 0.429. The van der Waals surface area contributed by atoms with Gasteiger partial charge in [-0.05, 0) is 24.6 Å². The van der Waals surface area contributed by atoms with Crippen LogP contribution in [0, 0.1) is 0 Å². The van der Waals surface area contributed by atoms with Crippen molar-refractivity contribution in [2.75, 3.05) is 12.4 Å². The van der Waals surface area contributed by atoms with Crippen LogP contribution in [0.25, 0.3) is 0 Å². The van der Waals surface area contributed by atoms with Gasteiger partial charge in [-0.3, -0.25) is 9.59 Å². The highest BCUT2D eigenvalue weighted by atomic mass is 16.5. The second kappa shape index (κ2) is 7.49. The van der Waals surface area contributed by atoms with E-state index in [0.29, 0.717) is 23.4 Å². The molecule has 0 unspecified atom stereocenters. The van der Waals surface area contributed by atoms with Crippen molar-refractivity contribution < 1.29 is 14.3 Å². The number of anilines is 1. The first kappa shape index (κ1) is 16.0. The van der Waals surface area contributed by atoms with Crippen molar-refractivity contribution in [3.05, 3.63) is 23.8 Å². The Morgan fingerprint density at radius 2 is 2.10 bits per heavy atom. The molecule has 5 N–H and O–H groups in total. The topological polar surface area (TPSA) is 107 Å². The number of nitrogens with two attached hydrogens (primary N) is 2. The number of unbranched alkanes of at least 4 members (excludes halogenated alkanes) is 1. The molecule has 0 aliphatic heterocycles. The molecule has 1 rings (SSSR count). The molecule has 0 saturated heterocycles. The highest BCUT2D eigenvalue weighted by Crippen LogP contribution is 2.25. The molecule has 0 aromatic heterocycles. The minimum atomic E-state index is -0.586. The van der Waals surface area contributed by atoms with Crippen LogP contribution in [0.5, 0.6) is 5.75 Å². The molecule has 0 bridgehead atoms. The molecule has 0 heterocycles. The molecule has 6 nitrogen and oxygen atoms in total. The summed E-state index contributed by atoms with van der Waals surface area (Å²) in [5.41, 5.74) is 11.7. The van der Waals surface area contributed by atoms with Crippen LogP contribution in [0.15, 0.2) is 18.2 Å². The monoisotopic (exact) mass is 279 g/mol. The molecule has 6 heteroatoms. The summed E-state index contributed by atoms with van der Waals surface area (Å²) in [6.07, 6.45) is 2.47. The third-order valence-corrected chi connectivity index (χ3v) is 2.95. The predicted molar refractivity (Wildman–Crippen MR) is 77.6 cm³/mol. The lowest BCUT2D eigenvalue weighted by atomic mass is 10.1. The first-order chi connectivity index (χ1) is 9.49. The highest BCUT2D eigenvalue weighted by molar-refractivity contribution is 5.99. The van der Waals surface area contributed by atoms with Gasteiger partial charge in [0, 0.05) is 5.56 Å². The number of hydrogen-bond donors (Lipinski definition) is 3. The Labute approximate surface area is 118 Å². The molecule has 0 radical (unpaired) electrons. The van der Waals surface area contributed by atoms with Gasteiger partial charge in [0.05, 0.1) is 18.8 Å². The maximum atomic E-state index is 12.0. The number of carbonyl (C=O) groups excluding carboxylic acids is 2. The molecule has 1 aromatic rings. The molecule has 20 heavy (non-hydrogen) atoms. The number of ether oxygens (including phenoxy) is 1. The Hall–Kier alpha value is -2.08. The predicted octanol–water partition coefficient (Wildman–Crippen LogP) is 1.25. The molecule has 0 aliphatic rings. The molecule has 1 atom stereocenters. The zero-order valence-electron chi connectivity index (χ0n) is 11.8. The minimum absolute atomic E-state index is 0.295. The lowest BCUT2D eigenvalue weighted by Crippen LogP contribution is -2.35. The fourth-order valence-electron chi connectivity index (χ4n) is 1.74. The number of carbonyl (C=O) groups is 2. The van der Waals surface area contributed by atoms with Gasteiger partial charge in [-0.15, -0.1) is 0 Å². The Balaban J connectivity index is 2.86. The summed E-state index contributed by atoms with van der Waals surface area (Å²) < 4.78 is 5.13. The van der Waals surface area contributed by atoms with Crippen LogP contribution >= 0.6 is 0 Å². The normalized spacial score (nSPS) is 11.8. The zero-order chi connectivity index (χ0) is 15.1. The lowest BCUT2D eigenvalue weighted by Gasteiger charge is -2.14. The number of amides is 2. The van der Waals surface area contributed by atoms with E-state index in [2.05, 4.69) is 5.32 Å². The van der Waals surface area contributed by atoms with Gasteiger partial charge < -0.3 is 21.5 Å². The number of primary amides is 1. The number of benzene rings is 1. The third kappa shape index (κ3) is 4.24. The van der Waals surface area contributed by atoms with E-state index >= 15 is 0 Å². The molecule has 0 saturated carbocycles. The van der Waals surface area contributed by atoms with Crippen molar-refractivity contribution in [2.45, 2.75) is 32.2 Å². The van der Waals surface area contributed by atoms with Crippen LogP contribution in [0.1, 0.15) is 36.5 Å². The average molecular weight is 279 g/mol. The van der Waals surface area contributed by atoms with Gasteiger partial charge in [-0.2, -0.15) is 0 Å². The molecular weight excluding hydrogens is 258 g/mol. The quantitative estimate of drug-likeness (QED) is 0.698. The van der Waals surface area contributed by atoms with E-state index in [1.54, 1.807) is 6.07 Å². The summed E-state index contributed by atoms with van der Waals surface area (Å²) in [7, 11) is 1.48. The molecule has 110 valence electrons. The SMILES string of the molecule is CCCC[C@H](N)C(=O)Nc1cc(C(N)=O)ccc1OC. The molecule has 2 amide bonds. The average Bonchev–Trinajstić information content (AvgIpc) is 2.44. The van der Waals surface area contributed by atoms with Crippen molar-refractivity contribution in [2.24, 2.45) is 11.5 Å². The maximum absolute atomic E-state index is 12.0. The van der Waals surface area contributed by atoms with Crippen molar-refractivity contribution in [3.63, 3.8) is 0 Å². The van der Waals surface area contributed by atoms with Gasteiger partial charge in [-0.1, -0.05) is 19.8 Å². The van der Waals surface area contributed by atoms with Crippen molar-refractivity contribution in [1.82, 2.24) is 0 Å². The van der Waals surface area contributed by atoms with E-state index in [4.69, 9.17) is 16.2 Å². The molecule has 0 aliphatic carbocycles. The van der Waals surface area contributed by atoms with Gasteiger partial charge in [-0.25, -0.2) is 0 Å². The van der Waals surface area contributed by atoms with Gasteiger partial charge in [0.2, 0.25) is 11.8 Å². The highest BCUT2D eigenvalue weighted by Gasteiger charge is 2.16. The smallest absolute Gasteiger partial charge is 0.248 e. The Morgan fingerprint density at radius 1 is 1.40 bits per heavy atom. The van der Waals surface area contributed by atoms with E-state index in [1.165, 1.54) is 19.2 Å². The summed E-state index contributed by atoms with van der Waals surface area (Å²) in [4.78, 5) is 23.1. The zero-order valence-corrected chi connectivity index (χ0v) is 11.8. The lowest BCUT2D eigenvalue weighted by molar-refractivity contribution is -0.117. The van der Waals surface area contributed by atoms with Crippen LogP contribution in [0.3, 0.4) is 0 Å². The summed E-state index contributed by atoms with van der Waals surface area (Å²) in [6, 6.07) is 4.00. The van der Waals surface area contributed by atoms with E-state index in [9.17, 15) is 9.59 Å². The van der Waals surface area contributed by atoms with E-state index in [-0.39, 0.29) is 5.91 Å². The molecule has 1 aromatic carbocycles. The Kier molecular flexibility index (Phi) is 5.99. The van der Waals surface area contributed by atoms with Crippen molar-refractivity contribution >= 4 is 17.5 Å².